The van der Waals surface area contributed by atoms with E-state index in [9.17, 15) is 5.11 Å². The van der Waals surface area contributed by atoms with Crippen LogP contribution in [0.4, 0.5) is 0 Å². The lowest BCUT2D eigenvalue weighted by atomic mass is 10.2. The molecule has 2 aliphatic heterocycles. The maximum Gasteiger partial charge on any atom is 0.143 e. The molecule has 110 valence electrons. The third-order valence-electron chi connectivity index (χ3n) is 4.39. The van der Waals surface area contributed by atoms with Crippen LogP contribution in [-0.4, -0.2) is 47.1 Å². The number of aromatic hydroxyl groups is 1. The molecule has 2 saturated heterocycles. The lowest BCUT2D eigenvalue weighted by Crippen LogP contribution is -2.35. The molecular weight excluding hydrogens is 384 g/mol. The van der Waals surface area contributed by atoms with Crippen molar-refractivity contribution in [2.24, 2.45) is 0 Å². The largest absolute Gasteiger partial charge is 0.506 e. The number of phenolic OH excluding ortho intramolecular Hbond substituents is 1. The Morgan fingerprint density at radius 1 is 1.10 bits per heavy atom. The average molecular weight is 404 g/mol. The van der Waals surface area contributed by atoms with Crippen molar-refractivity contribution in [1.29, 1.82) is 0 Å². The van der Waals surface area contributed by atoms with Crippen LogP contribution in [0.2, 0.25) is 0 Å². The van der Waals surface area contributed by atoms with Crippen LogP contribution in [0.3, 0.4) is 0 Å². The van der Waals surface area contributed by atoms with Crippen molar-refractivity contribution in [3.05, 3.63) is 26.6 Å². The SMILES string of the molecule is Oc1c(Br)cc(CN2CCC(N3CCCC3)C2)cc1Br. The maximum absolute atomic E-state index is 9.76. The van der Waals surface area contributed by atoms with Crippen LogP contribution in [0.1, 0.15) is 24.8 Å². The van der Waals surface area contributed by atoms with Gasteiger partial charge in [-0.2, -0.15) is 0 Å². The Kier molecular flexibility index (Phi) is 4.70. The highest BCUT2D eigenvalue weighted by molar-refractivity contribution is 9.11. The Hall–Kier alpha value is -0.100. The Balaban J connectivity index is 1.61. The standard InChI is InChI=1S/C15H20Br2N2O/c16-13-7-11(8-14(17)15(13)20)9-18-6-3-12(10-18)19-4-1-2-5-19/h7-8,12,20H,1-6,9-10H2. The molecule has 1 aromatic carbocycles. The van der Waals surface area contributed by atoms with E-state index in [0.29, 0.717) is 0 Å². The number of hydrogen-bond donors (Lipinski definition) is 1. The number of halogens is 2. The second kappa shape index (κ2) is 6.34. The molecule has 1 aromatic rings. The van der Waals surface area contributed by atoms with E-state index in [1.54, 1.807) is 0 Å². The van der Waals surface area contributed by atoms with Crippen molar-refractivity contribution in [1.82, 2.24) is 9.80 Å². The van der Waals surface area contributed by atoms with Gasteiger partial charge in [-0.05, 0) is 81.9 Å². The molecule has 0 amide bonds. The average Bonchev–Trinajstić information content (AvgIpc) is 3.05. The molecule has 1 unspecified atom stereocenters. The van der Waals surface area contributed by atoms with Gasteiger partial charge in [0.1, 0.15) is 5.75 Å². The summed E-state index contributed by atoms with van der Waals surface area (Å²) in [5.41, 5.74) is 1.24. The zero-order valence-corrected chi connectivity index (χ0v) is 14.7. The molecular formula is C15H20Br2N2O. The smallest absolute Gasteiger partial charge is 0.143 e. The van der Waals surface area contributed by atoms with E-state index in [0.717, 1.165) is 21.5 Å². The van der Waals surface area contributed by atoms with E-state index in [1.165, 1.54) is 51.0 Å². The first kappa shape index (κ1) is 14.8. The first-order valence-corrected chi connectivity index (χ1v) is 8.85. The van der Waals surface area contributed by atoms with Crippen molar-refractivity contribution in [2.45, 2.75) is 31.8 Å². The minimum absolute atomic E-state index is 0.283. The Bertz CT molecular complexity index is 466. The van der Waals surface area contributed by atoms with Crippen molar-refractivity contribution in [3.8, 4) is 5.75 Å². The van der Waals surface area contributed by atoms with Crippen molar-refractivity contribution >= 4 is 31.9 Å². The minimum atomic E-state index is 0.283. The highest BCUT2D eigenvalue weighted by Gasteiger charge is 2.29. The summed E-state index contributed by atoms with van der Waals surface area (Å²) in [6.45, 7) is 5.89. The highest BCUT2D eigenvalue weighted by atomic mass is 79.9. The molecule has 0 radical (unpaired) electrons. The molecule has 3 nitrogen and oxygen atoms in total. The van der Waals surface area contributed by atoms with Crippen molar-refractivity contribution < 1.29 is 5.11 Å². The lowest BCUT2D eigenvalue weighted by molar-refractivity contribution is 0.230. The lowest BCUT2D eigenvalue weighted by Gasteiger charge is -2.23. The van der Waals surface area contributed by atoms with Gasteiger partial charge in [0.25, 0.3) is 0 Å². The molecule has 2 fully saturated rings. The van der Waals surface area contributed by atoms with Crippen LogP contribution in [0.5, 0.6) is 5.75 Å². The Morgan fingerprint density at radius 3 is 2.40 bits per heavy atom. The minimum Gasteiger partial charge on any atom is -0.506 e. The van der Waals surface area contributed by atoms with E-state index in [4.69, 9.17) is 0 Å². The number of likely N-dealkylation sites (tertiary alicyclic amines) is 2. The molecule has 0 aromatic heterocycles. The van der Waals surface area contributed by atoms with E-state index in [2.05, 4.69) is 41.7 Å². The van der Waals surface area contributed by atoms with E-state index in [1.807, 2.05) is 12.1 Å². The number of phenols is 1. The van der Waals surface area contributed by atoms with Crippen LogP contribution >= 0.6 is 31.9 Å². The maximum atomic E-state index is 9.76. The normalized spacial score (nSPS) is 24.6. The fourth-order valence-corrected chi connectivity index (χ4v) is 4.61. The van der Waals surface area contributed by atoms with Gasteiger partial charge in [-0.15, -0.1) is 0 Å². The first-order chi connectivity index (χ1) is 9.63. The molecule has 0 spiro atoms. The fraction of sp³-hybridized carbons (Fsp3) is 0.600. The third kappa shape index (κ3) is 3.21. The molecule has 3 rings (SSSR count). The molecule has 0 bridgehead atoms. The molecule has 1 atom stereocenters. The highest BCUT2D eigenvalue weighted by Crippen LogP contribution is 2.34. The van der Waals surface area contributed by atoms with Gasteiger partial charge in [-0.1, -0.05) is 0 Å². The molecule has 0 aliphatic carbocycles. The summed E-state index contributed by atoms with van der Waals surface area (Å²) >= 11 is 6.81. The predicted molar refractivity (Wildman–Crippen MR) is 88.0 cm³/mol. The summed E-state index contributed by atoms with van der Waals surface area (Å²) in [7, 11) is 0. The monoisotopic (exact) mass is 402 g/mol. The van der Waals surface area contributed by atoms with Crippen molar-refractivity contribution in [3.63, 3.8) is 0 Å². The molecule has 1 N–H and O–H groups in total. The summed E-state index contributed by atoms with van der Waals surface area (Å²) in [5, 5.41) is 9.76. The van der Waals surface area contributed by atoms with Crippen LogP contribution in [0.25, 0.3) is 0 Å². The summed E-state index contributed by atoms with van der Waals surface area (Å²) in [6.07, 6.45) is 4.03. The summed E-state index contributed by atoms with van der Waals surface area (Å²) < 4.78 is 1.52. The molecule has 2 aliphatic rings. The van der Waals surface area contributed by atoms with E-state index < -0.39 is 0 Å². The van der Waals surface area contributed by atoms with Gasteiger partial charge in [0.2, 0.25) is 0 Å². The van der Waals surface area contributed by atoms with E-state index >= 15 is 0 Å². The quantitative estimate of drug-likeness (QED) is 0.835. The molecule has 5 heteroatoms. The third-order valence-corrected chi connectivity index (χ3v) is 5.60. The molecule has 20 heavy (non-hydrogen) atoms. The number of benzene rings is 1. The number of hydrogen-bond acceptors (Lipinski definition) is 3. The topological polar surface area (TPSA) is 26.7 Å². The summed E-state index contributed by atoms with van der Waals surface area (Å²) in [6, 6.07) is 4.79. The van der Waals surface area contributed by atoms with Gasteiger partial charge >= 0.3 is 0 Å². The van der Waals surface area contributed by atoms with Gasteiger partial charge in [0.05, 0.1) is 8.95 Å². The molecule has 0 saturated carbocycles. The summed E-state index contributed by atoms with van der Waals surface area (Å²) in [4.78, 5) is 5.18. The number of nitrogens with zero attached hydrogens (tertiary/aromatic N) is 2. The van der Waals surface area contributed by atoms with Gasteiger partial charge in [-0.3, -0.25) is 9.80 Å². The zero-order valence-electron chi connectivity index (χ0n) is 11.5. The van der Waals surface area contributed by atoms with Crippen LogP contribution in [0.15, 0.2) is 21.1 Å². The number of rotatable bonds is 3. The Labute approximate surface area is 137 Å². The fourth-order valence-electron chi connectivity index (χ4n) is 3.33. The van der Waals surface area contributed by atoms with Crippen LogP contribution in [-0.2, 0) is 6.54 Å². The van der Waals surface area contributed by atoms with E-state index in [-0.39, 0.29) is 5.75 Å². The van der Waals surface area contributed by atoms with Gasteiger partial charge < -0.3 is 5.11 Å². The van der Waals surface area contributed by atoms with Crippen molar-refractivity contribution in [2.75, 3.05) is 26.2 Å². The second-order valence-electron chi connectivity index (χ2n) is 5.83. The molecule has 2 heterocycles. The first-order valence-electron chi connectivity index (χ1n) is 7.27. The second-order valence-corrected chi connectivity index (χ2v) is 7.54. The van der Waals surface area contributed by atoms with Crippen LogP contribution in [0, 0.1) is 0 Å². The zero-order chi connectivity index (χ0) is 14.1. The summed E-state index contributed by atoms with van der Waals surface area (Å²) in [5.74, 6) is 0.283. The van der Waals surface area contributed by atoms with Crippen LogP contribution < -0.4 is 0 Å². The Morgan fingerprint density at radius 2 is 1.75 bits per heavy atom. The van der Waals surface area contributed by atoms with Gasteiger partial charge in [-0.25, -0.2) is 0 Å². The van der Waals surface area contributed by atoms with Gasteiger partial charge in [0.15, 0.2) is 0 Å². The predicted octanol–water partition coefficient (Wildman–Crippen LogP) is 3.59. The van der Waals surface area contributed by atoms with Gasteiger partial charge in [0, 0.05) is 25.7 Å².